The first kappa shape index (κ1) is 31.4. The predicted molar refractivity (Wildman–Crippen MR) is 161 cm³/mol. The standard InChI is InChI=1S/C31H41ClN4O6/c1-5-31(29(38)41-6-2)18-21(31)11-9-7-8-10-14-35(3)30(39)36-19-23(17-25(36)27(33)37)42-28-24-13-12-22(40-4)15-20(24)16-26(32)34-28/h9,11-13,15-16,21,23,25H,5-8,10,14,17-19H2,1-4H3,(H2,33,37)/b11-9-/t21-,23-,25+,31+/m1/s1. The first-order chi connectivity index (χ1) is 20.1. The smallest absolute Gasteiger partial charge is 0.320 e. The van der Waals surface area contributed by atoms with Gasteiger partial charge in [-0.15, -0.1) is 0 Å². The lowest BCUT2D eigenvalue weighted by Gasteiger charge is -2.28. The number of likely N-dealkylation sites (tertiary alicyclic amines) is 1. The van der Waals surface area contributed by atoms with Crippen LogP contribution < -0.4 is 15.2 Å². The molecule has 11 heteroatoms. The van der Waals surface area contributed by atoms with Crippen LogP contribution in [-0.4, -0.2) is 78.7 Å². The highest BCUT2D eigenvalue weighted by Gasteiger charge is 2.58. The number of rotatable bonds is 13. The van der Waals surface area contributed by atoms with Crippen molar-refractivity contribution in [1.82, 2.24) is 14.8 Å². The van der Waals surface area contributed by atoms with Crippen LogP contribution in [0.4, 0.5) is 4.79 Å². The summed E-state index contributed by atoms with van der Waals surface area (Å²) in [6, 6.07) is 6.15. The number of esters is 1. The lowest BCUT2D eigenvalue weighted by Crippen LogP contribution is -2.49. The zero-order chi connectivity index (χ0) is 30.4. The molecule has 0 spiro atoms. The quantitative estimate of drug-likeness (QED) is 0.149. The molecule has 42 heavy (non-hydrogen) atoms. The number of unbranched alkanes of at least 4 members (excludes halogenated alkanes) is 2. The lowest BCUT2D eigenvalue weighted by atomic mass is 10.00. The van der Waals surface area contributed by atoms with Crippen LogP contribution in [0.25, 0.3) is 10.8 Å². The van der Waals surface area contributed by atoms with Gasteiger partial charge in [0.2, 0.25) is 11.8 Å². The second-order valence-corrected chi connectivity index (χ2v) is 11.4. The van der Waals surface area contributed by atoms with Crippen LogP contribution in [0.5, 0.6) is 11.6 Å². The number of hydrogen-bond donors (Lipinski definition) is 1. The molecule has 0 radical (unpaired) electrons. The van der Waals surface area contributed by atoms with Crippen molar-refractivity contribution in [2.75, 3.05) is 33.9 Å². The Labute approximate surface area is 252 Å². The topological polar surface area (TPSA) is 124 Å². The molecule has 4 atom stereocenters. The van der Waals surface area contributed by atoms with Crippen molar-refractivity contribution in [1.29, 1.82) is 0 Å². The third-order valence-corrected chi connectivity index (χ3v) is 8.54. The molecule has 1 saturated heterocycles. The number of nitrogens with two attached hydrogens (primary N) is 1. The minimum atomic E-state index is -0.782. The third kappa shape index (κ3) is 6.91. The summed E-state index contributed by atoms with van der Waals surface area (Å²) in [7, 11) is 3.31. The normalized spacial score (nSPS) is 23.3. The van der Waals surface area contributed by atoms with Crippen molar-refractivity contribution in [2.45, 2.75) is 64.5 Å². The molecule has 228 valence electrons. The van der Waals surface area contributed by atoms with Crippen molar-refractivity contribution in [3.63, 3.8) is 0 Å². The summed E-state index contributed by atoms with van der Waals surface area (Å²) in [5.74, 6) is 0.576. The first-order valence-electron chi connectivity index (χ1n) is 14.6. The van der Waals surface area contributed by atoms with Gasteiger partial charge in [-0.05, 0) is 74.6 Å². The highest BCUT2D eigenvalue weighted by molar-refractivity contribution is 6.30. The third-order valence-electron chi connectivity index (χ3n) is 8.34. The van der Waals surface area contributed by atoms with E-state index >= 15 is 0 Å². The van der Waals surface area contributed by atoms with Gasteiger partial charge in [0.1, 0.15) is 23.0 Å². The molecular formula is C31H41ClN4O6. The average molecular weight is 601 g/mol. The number of methoxy groups -OCH3 is 1. The molecule has 3 amide bonds. The molecule has 2 aromatic rings. The molecule has 1 aliphatic heterocycles. The van der Waals surface area contributed by atoms with Crippen LogP contribution in [0, 0.1) is 11.3 Å². The Kier molecular flexibility index (Phi) is 10.2. The molecule has 1 aromatic heterocycles. The van der Waals surface area contributed by atoms with E-state index in [4.69, 9.17) is 31.5 Å². The monoisotopic (exact) mass is 600 g/mol. The number of hydrogen-bond acceptors (Lipinski definition) is 7. The summed E-state index contributed by atoms with van der Waals surface area (Å²) >= 11 is 6.25. The van der Waals surface area contributed by atoms with Gasteiger partial charge in [-0.2, -0.15) is 0 Å². The number of halogens is 1. The number of primary amides is 1. The van der Waals surface area contributed by atoms with Crippen LogP contribution >= 0.6 is 11.6 Å². The summed E-state index contributed by atoms with van der Waals surface area (Å²) in [4.78, 5) is 45.3. The van der Waals surface area contributed by atoms with Gasteiger partial charge in [0.15, 0.2) is 0 Å². The fourth-order valence-electron chi connectivity index (χ4n) is 5.74. The number of fused-ring (bicyclic) bond motifs is 1. The Bertz CT molecular complexity index is 1340. The van der Waals surface area contributed by atoms with E-state index in [0.717, 1.165) is 42.9 Å². The van der Waals surface area contributed by atoms with E-state index in [9.17, 15) is 14.4 Å². The number of benzene rings is 1. The second-order valence-electron chi connectivity index (χ2n) is 11.1. The van der Waals surface area contributed by atoms with Crippen molar-refractivity contribution in [2.24, 2.45) is 17.1 Å². The number of urea groups is 1. The van der Waals surface area contributed by atoms with Gasteiger partial charge in [0.25, 0.3) is 0 Å². The molecule has 1 aromatic carbocycles. The zero-order valence-corrected chi connectivity index (χ0v) is 25.6. The fourth-order valence-corrected chi connectivity index (χ4v) is 5.94. The molecule has 0 bridgehead atoms. The van der Waals surface area contributed by atoms with E-state index in [0.29, 0.717) is 24.8 Å². The Morgan fingerprint density at radius 1 is 1.24 bits per heavy atom. The maximum Gasteiger partial charge on any atom is 0.320 e. The highest BCUT2D eigenvalue weighted by atomic mass is 35.5. The van der Waals surface area contributed by atoms with E-state index in [1.807, 2.05) is 26.0 Å². The van der Waals surface area contributed by atoms with Gasteiger partial charge >= 0.3 is 12.0 Å². The van der Waals surface area contributed by atoms with Crippen molar-refractivity contribution in [3.8, 4) is 11.6 Å². The molecule has 2 heterocycles. The Hall–Kier alpha value is -3.53. The maximum absolute atomic E-state index is 13.3. The summed E-state index contributed by atoms with van der Waals surface area (Å²) in [6.45, 7) is 5.00. The number of nitrogens with zero attached hydrogens (tertiary/aromatic N) is 3. The van der Waals surface area contributed by atoms with Crippen LogP contribution in [0.3, 0.4) is 0 Å². The van der Waals surface area contributed by atoms with Gasteiger partial charge in [0, 0.05) is 25.4 Å². The van der Waals surface area contributed by atoms with E-state index in [1.54, 1.807) is 31.2 Å². The number of allylic oxidation sites excluding steroid dienone is 2. The summed E-state index contributed by atoms with van der Waals surface area (Å²) in [5.41, 5.74) is 5.33. The number of pyridine rings is 1. The van der Waals surface area contributed by atoms with E-state index in [1.165, 1.54) is 4.90 Å². The molecule has 10 nitrogen and oxygen atoms in total. The van der Waals surface area contributed by atoms with Crippen LogP contribution in [0.15, 0.2) is 36.4 Å². The SMILES string of the molecule is CCOC(=O)[C@@]1(CC)C[C@H]1/C=C\CCCCN(C)C(=O)N1C[C@H](Oc2nc(Cl)cc3cc(OC)ccc23)C[C@H]1C(N)=O. The Morgan fingerprint density at radius 2 is 2.02 bits per heavy atom. The highest BCUT2D eigenvalue weighted by Crippen LogP contribution is 2.56. The molecule has 2 N–H and O–H groups in total. The summed E-state index contributed by atoms with van der Waals surface area (Å²) < 4.78 is 16.7. The van der Waals surface area contributed by atoms with Gasteiger partial charge in [0.05, 0.1) is 25.7 Å². The molecule has 0 unspecified atom stereocenters. The number of carbonyl (C=O) groups is 3. The van der Waals surface area contributed by atoms with Crippen molar-refractivity contribution >= 4 is 40.3 Å². The van der Waals surface area contributed by atoms with E-state index in [2.05, 4.69) is 17.1 Å². The summed E-state index contributed by atoms with van der Waals surface area (Å²) in [5, 5.41) is 1.81. The maximum atomic E-state index is 13.3. The molecule has 1 saturated carbocycles. The Balaban J connectivity index is 1.29. The van der Waals surface area contributed by atoms with Crippen LogP contribution in [-0.2, 0) is 14.3 Å². The first-order valence-corrected chi connectivity index (χ1v) is 15.0. The van der Waals surface area contributed by atoms with Crippen LogP contribution in [0.1, 0.15) is 52.4 Å². The molecule has 2 fully saturated rings. The lowest BCUT2D eigenvalue weighted by molar-refractivity contribution is -0.150. The van der Waals surface area contributed by atoms with Crippen LogP contribution in [0.2, 0.25) is 5.15 Å². The molecule has 1 aliphatic carbocycles. The number of carbonyl (C=O) groups excluding carboxylic acids is 3. The second kappa shape index (κ2) is 13.6. The van der Waals surface area contributed by atoms with E-state index in [-0.39, 0.29) is 41.5 Å². The summed E-state index contributed by atoms with van der Waals surface area (Å²) in [6.07, 6.45) is 8.21. The van der Waals surface area contributed by atoms with Crippen molar-refractivity contribution in [3.05, 3.63) is 41.6 Å². The molecule has 4 rings (SSSR count). The number of amides is 3. The fraction of sp³-hybridized carbons (Fsp3) is 0.548. The number of aromatic nitrogens is 1. The average Bonchev–Trinajstić information content (AvgIpc) is 3.54. The Morgan fingerprint density at radius 3 is 2.71 bits per heavy atom. The van der Waals surface area contributed by atoms with Gasteiger partial charge in [-0.3, -0.25) is 9.59 Å². The van der Waals surface area contributed by atoms with E-state index < -0.39 is 18.1 Å². The minimum Gasteiger partial charge on any atom is -0.497 e. The van der Waals surface area contributed by atoms with Crippen molar-refractivity contribution < 1.29 is 28.6 Å². The molecular weight excluding hydrogens is 560 g/mol. The largest absolute Gasteiger partial charge is 0.497 e. The minimum absolute atomic E-state index is 0.0936. The zero-order valence-electron chi connectivity index (χ0n) is 24.8. The van der Waals surface area contributed by atoms with Gasteiger partial charge in [-0.25, -0.2) is 9.78 Å². The van der Waals surface area contributed by atoms with Gasteiger partial charge in [-0.1, -0.05) is 30.7 Å². The van der Waals surface area contributed by atoms with Gasteiger partial charge < -0.3 is 29.7 Å². The predicted octanol–water partition coefficient (Wildman–Crippen LogP) is 4.96. The molecule has 2 aliphatic rings. The number of ether oxygens (including phenoxy) is 3.